The van der Waals surface area contributed by atoms with E-state index in [0.717, 1.165) is 5.56 Å². The van der Waals surface area contributed by atoms with Crippen LogP contribution in [-0.4, -0.2) is 35.4 Å². The summed E-state index contributed by atoms with van der Waals surface area (Å²) < 4.78 is 0. The molecule has 0 radical (unpaired) electrons. The van der Waals surface area contributed by atoms with E-state index in [4.69, 9.17) is 21.8 Å². The number of amides is 1. The fourth-order valence-electron chi connectivity index (χ4n) is 1.26. The average molecular weight is 244 g/mol. The Kier molecular flexibility index (Phi) is 5.25. The Balaban J connectivity index is 2.51. The lowest BCUT2D eigenvalue weighted by atomic mass is 10.1. The number of carbonyl (C=O) groups excluding carboxylic acids is 1. The van der Waals surface area contributed by atoms with Crippen molar-refractivity contribution in [2.24, 2.45) is 0 Å². The number of aliphatic hydroxyl groups is 2. The van der Waals surface area contributed by atoms with Crippen LogP contribution in [0.4, 0.5) is 0 Å². The van der Waals surface area contributed by atoms with E-state index < -0.39 is 6.04 Å². The summed E-state index contributed by atoms with van der Waals surface area (Å²) in [6.07, 6.45) is 0.178. The molecule has 16 heavy (non-hydrogen) atoms. The lowest BCUT2D eigenvalue weighted by Gasteiger charge is -2.13. The van der Waals surface area contributed by atoms with Crippen molar-refractivity contribution in [3.05, 3.63) is 34.9 Å². The van der Waals surface area contributed by atoms with Crippen molar-refractivity contribution in [1.29, 1.82) is 0 Å². The van der Waals surface area contributed by atoms with Crippen LogP contribution in [0.15, 0.2) is 24.3 Å². The van der Waals surface area contributed by atoms with Gasteiger partial charge in [0.25, 0.3) is 0 Å². The second kappa shape index (κ2) is 6.48. The molecule has 0 fully saturated rings. The molecule has 88 valence electrons. The van der Waals surface area contributed by atoms with Crippen molar-refractivity contribution in [2.45, 2.75) is 12.5 Å². The topological polar surface area (TPSA) is 69.6 Å². The van der Waals surface area contributed by atoms with Gasteiger partial charge < -0.3 is 15.5 Å². The van der Waals surface area contributed by atoms with Gasteiger partial charge in [0.1, 0.15) is 0 Å². The molecule has 1 aromatic carbocycles. The summed E-state index contributed by atoms with van der Waals surface area (Å²) in [6, 6.07) is 6.38. The molecule has 1 aromatic rings. The molecular weight excluding hydrogens is 230 g/mol. The molecular formula is C11H14ClNO3. The molecule has 0 aliphatic rings. The Hall–Kier alpha value is -1.10. The number of rotatable bonds is 5. The van der Waals surface area contributed by atoms with Crippen LogP contribution >= 0.6 is 11.6 Å². The molecule has 0 aliphatic carbocycles. The average Bonchev–Trinajstić information content (AvgIpc) is 2.26. The molecule has 5 heteroatoms. The van der Waals surface area contributed by atoms with Crippen molar-refractivity contribution in [3.8, 4) is 0 Å². The van der Waals surface area contributed by atoms with Gasteiger partial charge in [0.05, 0.1) is 25.7 Å². The summed E-state index contributed by atoms with van der Waals surface area (Å²) >= 11 is 5.78. The minimum atomic E-state index is -0.605. The summed E-state index contributed by atoms with van der Waals surface area (Å²) in [5.41, 5.74) is 0.791. The zero-order chi connectivity index (χ0) is 12.0. The molecule has 4 nitrogen and oxygen atoms in total. The van der Waals surface area contributed by atoms with E-state index in [9.17, 15) is 4.79 Å². The third-order valence-electron chi connectivity index (χ3n) is 2.06. The Bertz CT molecular complexity index is 353. The smallest absolute Gasteiger partial charge is 0.224 e. The van der Waals surface area contributed by atoms with E-state index in [1.807, 2.05) is 0 Å². The zero-order valence-electron chi connectivity index (χ0n) is 8.69. The first-order chi connectivity index (χ1) is 7.65. The molecule has 0 aromatic heterocycles. The molecule has 1 rings (SSSR count). The number of benzene rings is 1. The van der Waals surface area contributed by atoms with Crippen molar-refractivity contribution in [2.75, 3.05) is 13.2 Å². The number of carbonyl (C=O) groups is 1. The lowest BCUT2D eigenvalue weighted by molar-refractivity contribution is -0.121. The predicted molar refractivity (Wildman–Crippen MR) is 61.3 cm³/mol. The van der Waals surface area contributed by atoms with E-state index in [2.05, 4.69) is 5.32 Å². The number of hydrogen-bond acceptors (Lipinski definition) is 3. The highest BCUT2D eigenvalue weighted by atomic mass is 35.5. The summed E-state index contributed by atoms with van der Waals surface area (Å²) in [7, 11) is 0. The molecule has 0 saturated carbocycles. The largest absolute Gasteiger partial charge is 0.394 e. The first kappa shape index (κ1) is 13.0. The minimum Gasteiger partial charge on any atom is -0.394 e. The van der Waals surface area contributed by atoms with Gasteiger partial charge in [-0.3, -0.25) is 4.79 Å². The van der Waals surface area contributed by atoms with Gasteiger partial charge in [-0.05, 0) is 17.7 Å². The molecule has 0 spiro atoms. The van der Waals surface area contributed by atoms with Gasteiger partial charge >= 0.3 is 0 Å². The maximum Gasteiger partial charge on any atom is 0.224 e. The first-order valence-electron chi connectivity index (χ1n) is 4.91. The van der Waals surface area contributed by atoms with Gasteiger partial charge in [0.15, 0.2) is 0 Å². The van der Waals surface area contributed by atoms with Gasteiger partial charge in [0, 0.05) is 5.02 Å². The number of aliphatic hydroxyl groups excluding tert-OH is 2. The highest BCUT2D eigenvalue weighted by Crippen LogP contribution is 2.10. The molecule has 0 atom stereocenters. The van der Waals surface area contributed by atoms with E-state index in [-0.39, 0.29) is 25.5 Å². The van der Waals surface area contributed by atoms with E-state index >= 15 is 0 Å². The Morgan fingerprint density at radius 1 is 1.38 bits per heavy atom. The normalized spacial score (nSPS) is 10.5. The van der Waals surface area contributed by atoms with E-state index in [1.54, 1.807) is 24.3 Å². The predicted octanol–water partition coefficient (Wildman–Crippen LogP) is 0.352. The zero-order valence-corrected chi connectivity index (χ0v) is 9.44. The van der Waals surface area contributed by atoms with Gasteiger partial charge in [-0.2, -0.15) is 0 Å². The van der Waals surface area contributed by atoms with Crippen LogP contribution in [0.3, 0.4) is 0 Å². The van der Waals surface area contributed by atoms with E-state index in [1.165, 1.54) is 0 Å². The highest BCUT2D eigenvalue weighted by molar-refractivity contribution is 6.30. The van der Waals surface area contributed by atoms with Crippen LogP contribution in [0.2, 0.25) is 5.02 Å². The van der Waals surface area contributed by atoms with Crippen LogP contribution in [0.25, 0.3) is 0 Å². The van der Waals surface area contributed by atoms with Crippen LogP contribution in [0.5, 0.6) is 0 Å². The third-order valence-corrected chi connectivity index (χ3v) is 2.29. The fraction of sp³-hybridized carbons (Fsp3) is 0.364. The molecule has 0 heterocycles. The van der Waals surface area contributed by atoms with Crippen molar-refractivity contribution >= 4 is 17.5 Å². The second-order valence-corrected chi connectivity index (χ2v) is 3.87. The van der Waals surface area contributed by atoms with Crippen molar-refractivity contribution < 1.29 is 15.0 Å². The van der Waals surface area contributed by atoms with Crippen molar-refractivity contribution in [1.82, 2.24) is 5.32 Å². The standard InChI is InChI=1S/C11H14ClNO3/c12-9-3-1-2-8(4-9)5-11(16)13-10(6-14)7-15/h1-4,10,14-15H,5-7H2,(H,13,16). The van der Waals surface area contributed by atoms with Gasteiger partial charge in [0.2, 0.25) is 5.91 Å². The van der Waals surface area contributed by atoms with Crippen molar-refractivity contribution in [3.63, 3.8) is 0 Å². The van der Waals surface area contributed by atoms with Gasteiger partial charge in [-0.1, -0.05) is 23.7 Å². The number of hydrogen-bond donors (Lipinski definition) is 3. The number of nitrogens with one attached hydrogen (secondary N) is 1. The molecule has 0 unspecified atom stereocenters. The fourth-order valence-corrected chi connectivity index (χ4v) is 1.47. The summed E-state index contributed by atoms with van der Waals surface area (Å²) in [5.74, 6) is -0.254. The Morgan fingerprint density at radius 2 is 2.06 bits per heavy atom. The van der Waals surface area contributed by atoms with Crippen LogP contribution in [-0.2, 0) is 11.2 Å². The van der Waals surface area contributed by atoms with Gasteiger partial charge in [-0.15, -0.1) is 0 Å². The third kappa shape index (κ3) is 4.18. The summed E-state index contributed by atoms with van der Waals surface area (Å²) in [5, 5.41) is 20.7. The first-order valence-corrected chi connectivity index (χ1v) is 5.29. The molecule has 0 bridgehead atoms. The van der Waals surface area contributed by atoms with Crippen LogP contribution in [0, 0.1) is 0 Å². The molecule has 1 amide bonds. The SMILES string of the molecule is O=C(Cc1cccc(Cl)c1)NC(CO)CO. The minimum absolute atomic E-state index is 0.178. The maximum absolute atomic E-state index is 11.5. The summed E-state index contributed by atoms with van der Waals surface area (Å²) in [4.78, 5) is 11.5. The highest BCUT2D eigenvalue weighted by Gasteiger charge is 2.10. The molecule has 0 saturated heterocycles. The molecule has 0 aliphatic heterocycles. The quantitative estimate of drug-likeness (QED) is 0.699. The lowest BCUT2D eigenvalue weighted by Crippen LogP contribution is -2.40. The van der Waals surface area contributed by atoms with Crippen LogP contribution < -0.4 is 5.32 Å². The van der Waals surface area contributed by atoms with Crippen LogP contribution in [0.1, 0.15) is 5.56 Å². The second-order valence-electron chi connectivity index (χ2n) is 3.44. The Morgan fingerprint density at radius 3 is 2.62 bits per heavy atom. The monoisotopic (exact) mass is 243 g/mol. The maximum atomic E-state index is 11.5. The van der Waals surface area contributed by atoms with Gasteiger partial charge in [-0.25, -0.2) is 0 Å². The molecule has 3 N–H and O–H groups in total. The van der Waals surface area contributed by atoms with E-state index in [0.29, 0.717) is 5.02 Å². The Labute approximate surface area is 98.9 Å². The summed E-state index contributed by atoms with van der Waals surface area (Å²) in [6.45, 7) is -0.560. The number of halogens is 1.